The molecule has 26 heavy (non-hydrogen) atoms. The van der Waals surface area contributed by atoms with E-state index in [1.54, 1.807) is 7.11 Å². The average molecular weight is 369 g/mol. The topological polar surface area (TPSA) is 44.8 Å². The van der Waals surface area contributed by atoms with E-state index in [9.17, 15) is 4.79 Å². The van der Waals surface area contributed by atoms with Crippen molar-refractivity contribution >= 4 is 28.9 Å². The van der Waals surface area contributed by atoms with Crippen LogP contribution in [0.15, 0.2) is 54.6 Å². The first-order valence-electron chi connectivity index (χ1n) is 8.67. The molecular weight excluding hydrogens is 346 g/mol. The van der Waals surface area contributed by atoms with E-state index in [2.05, 4.69) is 27.2 Å². The molecule has 1 saturated heterocycles. The Morgan fingerprint density at radius 3 is 2.31 bits per heavy atom. The number of amides is 1. The first-order valence-corrected chi connectivity index (χ1v) is 9.08. The monoisotopic (exact) mass is 369 g/mol. The van der Waals surface area contributed by atoms with Gasteiger partial charge in [-0.05, 0) is 42.0 Å². The maximum absolute atomic E-state index is 12.2. The van der Waals surface area contributed by atoms with E-state index in [1.807, 2.05) is 42.5 Å². The molecule has 1 aliphatic rings. The molecule has 2 aromatic carbocycles. The highest BCUT2D eigenvalue weighted by atomic mass is 32.1. The summed E-state index contributed by atoms with van der Waals surface area (Å²) in [7, 11) is 1.62. The number of anilines is 1. The molecule has 1 heterocycles. The van der Waals surface area contributed by atoms with Gasteiger partial charge >= 0.3 is 0 Å². The Morgan fingerprint density at radius 2 is 1.69 bits per heavy atom. The molecule has 0 radical (unpaired) electrons. The lowest BCUT2D eigenvalue weighted by atomic mass is 10.1. The average Bonchev–Trinajstić information content (AvgIpc) is 2.69. The van der Waals surface area contributed by atoms with Crippen LogP contribution in [0, 0.1) is 0 Å². The van der Waals surface area contributed by atoms with Gasteiger partial charge in [-0.3, -0.25) is 4.79 Å². The second-order valence-corrected chi connectivity index (χ2v) is 6.57. The Kier molecular flexibility index (Phi) is 6.07. The van der Waals surface area contributed by atoms with Gasteiger partial charge in [0, 0.05) is 31.9 Å². The number of benzene rings is 2. The standard InChI is InChI=1S/C20H23N3O2S/c1-25-18-9-7-16(8-10-18)15-19(24)21-20(26)23-13-11-22(12-14-23)17-5-3-2-4-6-17/h2-10H,11-15H2,1H3,(H,21,24,26). The quantitative estimate of drug-likeness (QED) is 0.839. The lowest BCUT2D eigenvalue weighted by Crippen LogP contribution is -2.52. The number of ether oxygens (including phenoxy) is 1. The van der Waals surface area contributed by atoms with E-state index < -0.39 is 0 Å². The zero-order valence-electron chi connectivity index (χ0n) is 14.9. The maximum Gasteiger partial charge on any atom is 0.230 e. The van der Waals surface area contributed by atoms with Crippen LogP contribution in [0.5, 0.6) is 5.75 Å². The zero-order valence-corrected chi connectivity index (χ0v) is 15.7. The highest BCUT2D eigenvalue weighted by molar-refractivity contribution is 7.80. The SMILES string of the molecule is COc1ccc(CC(=O)NC(=S)N2CCN(c3ccccc3)CC2)cc1. The minimum absolute atomic E-state index is 0.0920. The van der Waals surface area contributed by atoms with Crippen LogP contribution in [-0.4, -0.2) is 49.2 Å². The lowest BCUT2D eigenvalue weighted by Gasteiger charge is -2.37. The highest BCUT2D eigenvalue weighted by Crippen LogP contribution is 2.15. The second-order valence-electron chi connectivity index (χ2n) is 6.19. The van der Waals surface area contributed by atoms with Crippen molar-refractivity contribution in [3.05, 3.63) is 60.2 Å². The maximum atomic E-state index is 12.2. The normalized spacial score (nSPS) is 14.0. The van der Waals surface area contributed by atoms with Crippen molar-refractivity contribution in [2.45, 2.75) is 6.42 Å². The van der Waals surface area contributed by atoms with Gasteiger partial charge in [0.25, 0.3) is 0 Å². The minimum Gasteiger partial charge on any atom is -0.497 e. The summed E-state index contributed by atoms with van der Waals surface area (Å²) < 4.78 is 5.13. The third-order valence-electron chi connectivity index (χ3n) is 4.46. The summed E-state index contributed by atoms with van der Waals surface area (Å²) in [5, 5.41) is 3.36. The van der Waals surface area contributed by atoms with E-state index in [4.69, 9.17) is 17.0 Å². The van der Waals surface area contributed by atoms with Crippen molar-refractivity contribution in [3.63, 3.8) is 0 Å². The number of nitrogens with one attached hydrogen (secondary N) is 1. The van der Waals surface area contributed by atoms with Crippen molar-refractivity contribution in [2.75, 3.05) is 38.2 Å². The molecule has 136 valence electrons. The molecule has 0 aromatic heterocycles. The Balaban J connectivity index is 1.47. The first-order chi connectivity index (χ1) is 12.7. The predicted octanol–water partition coefficient (Wildman–Crippen LogP) is 2.46. The van der Waals surface area contributed by atoms with Gasteiger partial charge < -0.3 is 19.9 Å². The van der Waals surface area contributed by atoms with E-state index in [0.29, 0.717) is 11.5 Å². The molecule has 0 bridgehead atoms. The Bertz CT molecular complexity index is 741. The van der Waals surface area contributed by atoms with E-state index >= 15 is 0 Å². The fraction of sp³-hybridized carbons (Fsp3) is 0.300. The molecule has 0 atom stereocenters. The van der Waals surface area contributed by atoms with Gasteiger partial charge in [0.05, 0.1) is 13.5 Å². The van der Waals surface area contributed by atoms with Crippen LogP contribution in [0.25, 0.3) is 0 Å². The molecule has 1 amide bonds. The van der Waals surface area contributed by atoms with Crippen LogP contribution < -0.4 is 15.0 Å². The number of rotatable bonds is 4. The number of piperazine rings is 1. The molecular formula is C20H23N3O2S. The Labute approximate surface area is 159 Å². The molecule has 6 heteroatoms. The lowest BCUT2D eigenvalue weighted by molar-refractivity contribution is -0.119. The van der Waals surface area contributed by atoms with Crippen LogP contribution in [0.3, 0.4) is 0 Å². The number of methoxy groups -OCH3 is 1. The summed E-state index contributed by atoms with van der Waals surface area (Å²) in [4.78, 5) is 16.6. The van der Waals surface area contributed by atoms with E-state index in [1.165, 1.54) is 5.69 Å². The van der Waals surface area contributed by atoms with Crippen molar-refractivity contribution in [1.29, 1.82) is 0 Å². The van der Waals surface area contributed by atoms with Crippen molar-refractivity contribution in [1.82, 2.24) is 10.2 Å². The van der Waals surface area contributed by atoms with E-state index in [0.717, 1.165) is 37.5 Å². The largest absolute Gasteiger partial charge is 0.497 e. The van der Waals surface area contributed by atoms with Gasteiger partial charge in [-0.15, -0.1) is 0 Å². The zero-order chi connectivity index (χ0) is 18.4. The van der Waals surface area contributed by atoms with Gasteiger partial charge in [-0.1, -0.05) is 30.3 Å². The number of carbonyl (C=O) groups excluding carboxylic acids is 1. The van der Waals surface area contributed by atoms with Gasteiger partial charge in [0.1, 0.15) is 5.75 Å². The molecule has 3 rings (SSSR count). The van der Waals surface area contributed by atoms with Gasteiger partial charge in [-0.25, -0.2) is 0 Å². The Hall–Kier alpha value is -2.60. The molecule has 1 N–H and O–H groups in total. The molecule has 0 spiro atoms. The van der Waals surface area contributed by atoms with Gasteiger partial charge in [0.2, 0.25) is 5.91 Å². The van der Waals surface area contributed by atoms with Crippen LogP contribution >= 0.6 is 12.2 Å². The molecule has 0 aliphatic carbocycles. The molecule has 0 unspecified atom stereocenters. The van der Waals surface area contributed by atoms with Crippen LogP contribution in [-0.2, 0) is 11.2 Å². The first kappa shape index (κ1) is 18.2. The van der Waals surface area contributed by atoms with Crippen LogP contribution in [0.2, 0.25) is 0 Å². The summed E-state index contributed by atoms with van der Waals surface area (Å²) in [6.07, 6.45) is 0.300. The number of hydrogen-bond donors (Lipinski definition) is 1. The Morgan fingerprint density at radius 1 is 1.04 bits per heavy atom. The van der Waals surface area contributed by atoms with Crippen molar-refractivity contribution in [3.8, 4) is 5.75 Å². The fourth-order valence-corrected chi connectivity index (χ4v) is 3.27. The highest BCUT2D eigenvalue weighted by Gasteiger charge is 2.20. The summed E-state index contributed by atoms with van der Waals surface area (Å²) in [5.41, 5.74) is 2.15. The number of nitrogens with zero attached hydrogens (tertiary/aromatic N) is 2. The number of thiocarbonyl (C=S) groups is 1. The number of hydrogen-bond acceptors (Lipinski definition) is 4. The molecule has 5 nitrogen and oxygen atoms in total. The molecule has 2 aromatic rings. The van der Waals surface area contributed by atoms with Crippen molar-refractivity contribution < 1.29 is 9.53 Å². The van der Waals surface area contributed by atoms with E-state index in [-0.39, 0.29) is 5.91 Å². The van der Waals surface area contributed by atoms with Crippen LogP contribution in [0.4, 0.5) is 5.69 Å². The fourth-order valence-electron chi connectivity index (χ4n) is 2.98. The summed E-state index contributed by atoms with van der Waals surface area (Å²) in [6.45, 7) is 3.38. The van der Waals surface area contributed by atoms with Crippen LogP contribution in [0.1, 0.15) is 5.56 Å². The van der Waals surface area contributed by atoms with Gasteiger partial charge in [-0.2, -0.15) is 0 Å². The smallest absolute Gasteiger partial charge is 0.230 e. The number of para-hydroxylation sites is 1. The second kappa shape index (κ2) is 8.67. The minimum atomic E-state index is -0.0920. The van der Waals surface area contributed by atoms with Crippen molar-refractivity contribution in [2.24, 2.45) is 0 Å². The number of carbonyl (C=O) groups is 1. The molecule has 1 fully saturated rings. The molecule has 1 aliphatic heterocycles. The summed E-state index contributed by atoms with van der Waals surface area (Å²) in [5.74, 6) is 0.687. The van der Waals surface area contributed by atoms with Gasteiger partial charge in [0.15, 0.2) is 5.11 Å². The predicted molar refractivity (Wildman–Crippen MR) is 108 cm³/mol. The third kappa shape index (κ3) is 4.73. The summed E-state index contributed by atoms with van der Waals surface area (Å²) in [6, 6.07) is 17.8. The summed E-state index contributed by atoms with van der Waals surface area (Å²) >= 11 is 5.42. The third-order valence-corrected chi connectivity index (χ3v) is 4.82. The molecule has 0 saturated carbocycles.